The maximum Gasteiger partial charge on any atom is 0.325 e. The first-order valence-corrected chi connectivity index (χ1v) is 10.6. The highest BCUT2D eigenvalue weighted by Crippen LogP contribution is 2.52. The Labute approximate surface area is 168 Å². The SMILES string of the molecule is O=C(O)C1(NS(=O)(=O)N2CC(Oc3ccc(Cl)cc3)C2)C[C@H]1c1ccccc1. The lowest BCUT2D eigenvalue weighted by atomic mass is 10.1. The molecule has 0 spiro atoms. The third-order valence-corrected chi connectivity index (χ3v) is 6.98. The van der Waals surface area contributed by atoms with Gasteiger partial charge in [0.25, 0.3) is 10.2 Å². The molecule has 0 radical (unpaired) electrons. The summed E-state index contributed by atoms with van der Waals surface area (Å²) in [5.74, 6) is -0.949. The normalized spacial score (nSPS) is 25.1. The highest BCUT2D eigenvalue weighted by molar-refractivity contribution is 7.87. The topological polar surface area (TPSA) is 95.9 Å². The minimum absolute atomic E-state index is 0.156. The summed E-state index contributed by atoms with van der Waals surface area (Å²) in [6.45, 7) is 0.313. The molecule has 28 heavy (non-hydrogen) atoms. The van der Waals surface area contributed by atoms with E-state index in [0.717, 1.165) is 5.56 Å². The number of carboxylic acids is 1. The second-order valence-corrected chi connectivity index (χ2v) is 9.17. The summed E-state index contributed by atoms with van der Waals surface area (Å²) < 4.78 is 34.7. The van der Waals surface area contributed by atoms with Gasteiger partial charge in [-0.15, -0.1) is 0 Å². The molecule has 1 aliphatic heterocycles. The van der Waals surface area contributed by atoms with Gasteiger partial charge in [0.15, 0.2) is 0 Å². The average molecular weight is 423 g/mol. The molecule has 2 aliphatic rings. The molecule has 1 saturated heterocycles. The molecule has 1 saturated carbocycles. The fraction of sp³-hybridized carbons (Fsp3) is 0.316. The number of ether oxygens (including phenoxy) is 1. The Hall–Kier alpha value is -2.13. The molecule has 2 aromatic carbocycles. The van der Waals surface area contributed by atoms with Crippen LogP contribution >= 0.6 is 11.6 Å². The third-order valence-electron chi connectivity index (χ3n) is 5.13. The van der Waals surface area contributed by atoms with Crippen molar-refractivity contribution in [3.8, 4) is 5.75 Å². The van der Waals surface area contributed by atoms with Crippen molar-refractivity contribution >= 4 is 27.8 Å². The van der Waals surface area contributed by atoms with Gasteiger partial charge in [-0.3, -0.25) is 4.79 Å². The lowest BCUT2D eigenvalue weighted by Crippen LogP contribution is -2.61. The van der Waals surface area contributed by atoms with Crippen LogP contribution in [-0.4, -0.2) is 48.5 Å². The number of hydrogen-bond acceptors (Lipinski definition) is 4. The summed E-state index contributed by atoms with van der Waals surface area (Å²) in [5, 5.41) is 10.2. The van der Waals surface area contributed by atoms with Crippen LogP contribution in [0, 0.1) is 0 Å². The zero-order valence-corrected chi connectivity index (χ0v) is 16.4. The highest BCUT2D eigenvalue weighted by Gasteiger charge is 2.64. The van der Waals surface area contributed by atoms with Crippen molar-refractivity contribution in [2.75, 3.05) is 13.1 Å². The number of nitrogens with zero attached hydrogens (tertiary/aromatic N) is 1. The van der Waals surface area contributed by atoms with Gasteiger partial charge in [-0.1, -0.05) is 41.9 Å². The minimum atomic E-state index is -3.94. The van der Waals surface area contributed by atoms with Crippen LogP contribution in [0.25, 0.3) is 0 Å². The lowest BCUT2D eigenvalue weighted by molar-refractivity contribution is -0.140. The molecule has 1 aliphatic carbocycles. The molecule has 1 heterocycles. The summed E-state index contributed by atoms with van der Waals surface area (Å²) in [4.78, 5) is 11.8. The maximum absolute atomic E-state index is 12.7. The maximum atomic E-state index is 12.7. The van der Waals surface area contributed by atoms with Crippen LogP contribution in [0.15, 0.2) is 54.6 Å². The second-order valence-electron chi connectivity index (χ2n) is 7.06. The van der Waals surface area contributed by atoms with Gasteiger partial charge in [0.2, 0.25) is 0 Å². The van der Waals surface area contributed by atoms with Gasteiger partial charge in [0, 0.05) is 10.9 Å². The number of hydrogen-bond donors (Lipinski definition) is 2. The Balaban J connectivity index is 1.39. The second kappa shape index (κ2) is 7.04. The molecule has 7 nitrogen and oxygen atoms in total. The third kappa shape index (κ3) is 3.60. The van der Waals surface area contributed by atoms with E-state index in [1.165, 1.54) is 4.31 Å². The summed E-state index contributed by atoms with van der Waals surface area (Å²) in [6, 6.07) is 15.9. The van der Waals surface area contributed by atoms with Gasteiger partial charge in [-0.05, 0) is 36.2 Å². The van der Waals surface area contributed by atoms with E-state index in [2.05, 4.69) is 4.72 Å². The fourth-order valence-corrected chi connectivity index (χ4v) is 5.17. The van der Waals surface area contributed by atoms with E-state index in [-0.39, 0.29) is 31.5 Å². The molecule has 2 atom stereocenters. The zero-order valence-electron chi connectivity index (χ0n) is 14.8. The van der Waals surface area contributed by atoms with Crippen LogP contribution in [0.4, 0.5) is 0 Å². The van der Waals surface area contributed by atoms with Gasteiger partial charge in [0.05, 0.1) is 13.1 Å². The monoisotopic (exact) mass is 422 g/mol. The lowest BCUT2D eigenvalue weighted by Gasteiger charge is -2.38. The standard InChI is InChI=1S/C19H19ClN2O5S/c20-14-6-8-15(9-7-14)27-16-11-22(12-16)28(25,26)21-19(18(23)24)10-17(19)13-4-2-1-3-5-13/h1-9,16-17,21H,10-12H2,(H,23,24)/t17-,19?/m0/s1. The first-order valence-electron chi connectivity index (χ1n) is 8.80. The van der Waals surface area contributed by atoms with E-state index in [0.29, 0.717) is 10.8 Å². The molecular formula is C19H19ClN2O5S. The molecule has 2 N–H and O–H groups in total. The number of benzene rings is 2. The number of carbonyl (C=O) groups is 1. The largest absolute Gasteiger partial charge is 0.488 e. The molecule has 2 aromatic rings. The van der Waals surface area contributed by atoms with Crippen molar-refractivity contribution < 1.29 is 23.1 Å². The van der Waals surface area contributed by atoms with Gasteiger partial charge in [0.1, 0.15) is 17.4 Å². The number of nitrogens with one attached hydrogen (secondary N) is 1. The van der Waals surface area contributed by atoms with Gasteiger partial charge >= 0.3 is 5.97 Å². The quantitative estimate of drug-likeness (QED) is 0.713. The highest BCUT2D eigenvalue weighted by atomic mass is 35.5. The van der Waals surface area contributed by atoms with E-state index in [1.807, 2.05) is 30.3 Å². The van der Waals surface area contributed by atoms with E-state index in [1.54, 1.807) is 24.3 Å². The van der Waals surface area contributed by atoms with Gasteiger partial charge < -0.3 is 9.84 Å². The predicted octanol–water partition coefficient (Wildman–Crippen LogP) is 2.25. The first kappa shape index (κ1) is 19.2. The van der Waals surface area contributed by atoms with Crippen molar-refractivity contribution in [1.82, 2.24) is 9.03 Å². The molecule has 0 bridgehead atoms. The van der Waals surface area contributed by atoms with E-state index < -0.39 is 21.7 Å². The smallest absolute Gasteiger partial charge is 0.325 e. The van der Waals surface area contributed by atoms with Crippen LogP contribution in [0.2, 0.25) is 5.02 Å². The van der Waals surface area contributed by atoms with Gasteiger partial charge in [-0.2, -0.15) is 17.4 Å². The van der Waals surface area contributed by atoms with E-state index in [4.69, 9.17) is 16.3 Å². The molecule has 1 unspecified atom stereocenters. The predicted molar refractivity (Wildman–Crippen MR) is 104 cm³/mol. The van der Waals surface area contributed by atoms with Crippen LogP contribution in [-0.2, 0) is 15.0 Å². The van der Waals surface area contributed by atoms with E-state index >= 15 is 0 Å². The van der Waals surface area contributed by atoms with Crippen molar-refractivity contribution in [1.29, 1.82) is 0 Å². The molecule has 0 aromatic heterocycles. The number of rotatable bonds is 7. The van der Waals surface area contributed by atoms with Gasteiger partial charge in [-0.25, -0.2) is 0 Å². The van der Waals surface area contributed by atoms with E-state index in [9.17, 15) is 18.3 Å². The number of aliphatic carboxylic acids is 1. The first-order chi connectivity index (χ1) is 13.3. The average Bonchev–Trinajstić information content (AvgIpc) is 3.35. The summed E-state index contributed by atoms with van der Waals surface area (Å²) in [6.07, 6.45) is -0.0629. The molecular weight excluding hydrogens is 404 g/mol. The minimum Gasteiger partial charge on any atom is -0.488 e. The van der Waals surface area contributed by atoms with Crippen LogP contribution in [0.5, 0.6) is 5.75 Å². The molecule has 2 fully saturated rings. The number of carboxylic acid groups (broad SMARTS) is 1. The van der Waals surface area contributed by atoms with Crippen LogP contribution < -0.4 is 9.46 Å². The molecule has 4 rings (SSSR count). The Kier molecular flexibility index (Phi) is 4.83. The molecule has 0 amide bonds. The Morgan fingerprint density at radius 1 is 1.14 bits per heavy atom. The molecule has 148 valence electrons. The van der Waals surface area contributed by atoms with Crippen LogP contribution in [0.1, 0.15) is 17.9 Å². The summed E-state index contributed by atoms with van der Waals surface area (Å²) in [5.41, 5.74) is -0.692. The summed E-state index contributed by atoms with van der Waals surface area (Å²) in [7, 11) is -3.94. The molecule has 9 heteroatoms. The van der Waals surface area contributed by atoms with Crippen molar-refractivity contribution in [3.05, 3.63) is 65.2 Å². The Bertz CT molecular complexity index is 977. The summed E-state index contributed by atoms with van der Waals surface area (Å²) >= 11 is 5.83. The number of halogens is 1. The van der Waals surface area contributed by atoms with Crippen molar-refractivity contribution in [3.63, 3.8) is 0 Å². The Morgan fingerprint density at radius 3 is 2.39 bits per heavy atom. The van der Waals surface area contributed by atoms with Crippen LogP contribution in [0.3, 0.4) is 0 Å². The van der Waals surface area contributed by atoms with Crippen molar-refractivity contribution in [2.24, 2.45) is 0 Å². The van der Waals surface area contributed by atoms with Crippen molar-refractivity contribution in [2.45, 2.75) is 24.0 Å². The fourth-order valence-electron chi connectivity index (χ4n) is 3.42. The Morgan fingerprint density at radius 2 is 1.79 bits per heavy atom. The zero-order chi connectivity index (χ0) is 19.9.